The third-order valence-corrected chi connectivity index (χ3v) is 4.73. The summed E-state index contributed by atoms with van der Waals surface area (Å²) in [7, 11) is 1.29. The molecule has 1 aromatic heterocycles. The zero-order valence-electron chi connectivity index (χ0n) is 16.9. The first-order valence-electron chi connectivity index (χ1n) is 9.30. The average molecular weight is 393 g/mol. The quantitative estimate of drug-likeness (QED) is 0.623. The summed E-state index contributed by atoms with van der Waals surface area (Å²) in [4.78, 5) is 43.3. The van der Waals surface area contributed by atoms with Crippen molar-refractivity contribution >= 4 is 22.8 Å². The van der Waals surface area contributed by atoms with E-state index in [1.807, 2.05) is 19.9 Å². The van der Waals surface area contributed by atoms with Gasteiger partial charge in [-0.05, 0) is 57.2 Å². The molecule has 0 spiro atoms. The molecule has 0 aliphatic carbocycles. The summed E-state index contributed by atoms with van der Waals surface area (Å²) < 4.78 is 6.20. The Hall–Kier alpha value is -3.48. The highest BCUT2D eigenvalue weighted by Crippen LogP contribution is 2.15. The van der Waals surface area contributed by atoms with Crippen LogP contribution in [0.2, 0.25) is 0 Å². The Kier molecular flexibility index (Phi) is 5.77. The van der Waals surface area contributed by atoms with Crippen LogP contribution in [0.4, 0.5) is 0 Å². The first-order valence-corrected chi connectivity index (χ1v) is 9.30. The molecule has 0 aliphatic rings. The third kappa shape index (κ3) is 4.03. The van der Waals surface area contributed by atoms with Crippen LogP contribution in [-0.2, 0) is 9.53 Å². The van der Waals surface area contributed by atoms with Gasteiger partial charge in [0.2, 0.25) is 0 Å². The average Bonchev–Trinajstić information content (AvgIpc) is 2.71. The molecule has 7 heteroatoms. The van der Waals surface area contributed by atoms with E-state index in [4.69, 9.17) is 0 Å². The molecule has 0 radical (unpaired) electrons. The number of benzene rings is 2. The van der Waals surface area contributed by atoms with Gasteiger partial charge in [0.05, 0.1) is 23.7 Å². The number of esters is 1. The first-order chi connectivity index (χ1) is 13.8. The fourth-order valence-electron chi connectivity index (χ4n) is 3.16. The lowest BCUT2D eigenvalue weighted by Gasteiger charge is -2.25. The molecule has 0 fully saturated rings. The zero-order valence-corrected chi connectivity index (χ0v) is 16.9. The van der Waals surface area contributed by atoms with Gasteiger partial charge in [-0.25, -0.2) is 4.98 Å². The van der Waals surface area contributed by atoms with E-state index in [0.29, 0.717) is 28.0 Å². The Morgan fingerprint density at radius 2 is 1.76 bits per heavy atom. The molecule has 3 aromatic rings. The number of hydrogen-bond donors (Lipinski definition) is 0. The Balaban J connectivity index is 1.96. The van der Waals surface area contributed by atoms with Crippen molar-refractivity contribution in [3.05, 3.63) is 70.3 Å². The second-order valence-corrected chi connectivity index (χ2v) is 6.97. The van der Waals surface area contributed by atoms with Gasteiger partial charge >= 0.3 is 5.97 Å². The minimum atomic E-state index is -0.479. The van der Waals surface area contributed by atoms with E-state index in [0.717, 1.165) is 0 Å². The van der Waals surface area contributed by atoms with Crippen molar-refractivity contribution < 1.29 is 14.3 Å². The highest BCUT2D eigenvalue weighted by molar-refractivity contribution is 5.96. The molecule has 0 saturated heterocycles. The normalized spacial score (nSPS) is 10.9. The minimum Gasteiger partial charge on any atom is -0.468 e. The van der Waals surface area contributed by atoms with E-state index in [1.165, 1.54) is 16.6 Å². The number of fused-ring (bicyclic) bond motifs is 1. The summed E-state index contributed by atoms with van der Waals surface area (Å²) in [6.45, 7) is 5.31. The van der Waals surface area contributed by atoms with Crippen LogP contribution in [0.3, 0.4) is 0 Å². The Morgan fingerprint density at radius 1 is 1.10 bits per heavy atom. The molecule has 0 aliphatic heterocycles. The van der Waals surface area contributed by atoms with Crippen LogP contribution in [0.1, 0.15) is 30.0 Å². The predicted octanol–water partition coefficient (Wildman–Crippen LogP) is 2.72. The molecule has 150 valence electrons. The zero-order chi connectivity index (χ0) is 21.1. The lowest BCUT2D eigenvalue weighted by Crippen LogP contribution is -2.41. The summed E-state index contributed by atoms with van der Waals surface area (Å²) in [5.74, 6) is -0.201. The molecule has 0 saturated carbocycles. The first kappa shape index (κ1) is 20.3. The number of aryl methyl sites for hydroxylation is 1. The number of aromatic nitrogens is 2. The molecule has 0 atom stereocenters. The van der Waals surface area contributed by atoms with Gasteiger partial charge in [0, 0.05) is 11.6 Å². The number of methoxy groups -OCH3 is 1. The number of para-hydroxylation sites is 1. The maximum absolute atomic E-state index is 12.9. The van der Waals surface area contributed by atoms with Gasteiger partial charge in [-0.15, -0.1) is 0 Å². The van der Waals surface area contributed by atoms with Gasteiger partial charge in [-0.2, -0.15) is 0 Å². The van der Waals surface area contributed by atoms with Gasteiger partial charge in [0.15, 0.2) is 0 Å². The van der Waals surface area contributed by atoms with E-state index in [9.17, 15) is 14.4 Å². The van der Waals surface area contributed by atoms with Crippen LogP contribution in [0.5, 0.6) is 0 Å². The molecule has 1 amide bonds. The van der Waals surface area contributed by atoms with E-state index < -0.39 is 5.97 Å². The number of ether oxygens (including phenoxy) is 1. The summed E-state index contributed by atoms with van der Waals surface area (Å²) in [5.41, 5.74) is 1.52. The van der Waals surface area contributed by atoms with E-state index in [1.54, 1.807) is 49.4 Å². The fraction of sp³-hybridized carbons (Fsp3) is 0.273. The second kappa shape index (κ2) is 8.26. The Morgan fingerprint density at radius 3 is 2.38 bits per heavy atom. The van der Waals surface area contributed by atoms with Gasteiger partial charge < -0.3 is 9.64 Å². The van der Waals surface area contributed by atoms with Crippen molar-refractivity contribution in [1.82, 2.24) is 14.5 Å². The monoisotopic (exact) mass is 393 g/mol. The van der Waals surface area contributed by atoms with Crippen molar-refractivity contribution in [2.24, 2.45) is 0 Å². The summed E-state index contributed by atoms with van der Waals surface area (Å²) >= 11 is 0. The van der Waals surface area contributed by atoms with Crippen LogP contribution in [0, 0.1) is 6.92 Å². The highest BCUT2D eigenvalue weighted by Gasteiger charge is 2.22. The number of hydrogen-bond acceptors (Lipinski definition) is 5. The van der Waals surface area contributed by atoms with E-state index >= 15 is 0 Å². The molecule has 0 bridgehead atoms. The van der Waals surface area contributed by atoms with Crippen molar-refractivity contribution in [3.63, 3.8) is 0 Å². The topological polar surface area (TPSA) is 81.5 Å². The van der Waals surface area contributed by atoms with Crippen LogP contribution in [0.25, 0.3) is 16.6 Å². The summed E-state index contributed by atoms with van der Waals surface area (Å²) in [6, 6.07) is 13.7. The largest absolute Gasteiger partial charge is 0.468 e. The molecule has 3 rings (SSSR count). The fourth-order valence-corrected chi connectivity index (χ4v) is 3.16. The molecular formula is C22H23N3O4. The standard InChI is InChI=1S/C22H23N3O4/c1-14(2)24(13-20(26)29-4)21(27)16-9-11-17(12-10-16)25-15(3)23-19-8-6-5-7-18(19)22(25)28/h5-12,14H,13H2,1-4H3. The second-order valence-electron chi connectivity index (χ2n) is 6.97. The summed E-state index contributed by atoms with van der Waals surface area (Å²) in [6.07, 6.45) is 0. The van der Waals surface area contributed by atoms with Crippen LogP contribution in [0.15, 0.2) is 53.3 Å². The Bertz CT molecular complexity index is 1120. The van der Waals surface area contributed by atoms with Crippen molar-refractivity contribution in [1.29, 1.82) is 0 Å². The summed E-state index contributed by atoms with van der Waals surface area (Å²) in [5, 5.41) is 0.530. The van der Waals surface area contributed by atoms with Gasteiger partial charge in [-0.1, -0.05) is 12.1 Å². The number of amides is 1. The minimum absolute atomic E-state index is 0.123. The predicted molar refractivity (Wildman–Crippen MR) is 110 cm³/mol. The van der Waals surface area contributed by atoms with Gasteiger partial charge in [0.1, 0.15) is 12.4 Å². The number of rotatable bonds is 5. The molecule has 2 aromatic carbocycles. The van der Waals surface area contributed by atoms with Gasteiger partial charge in [-0.3, -0.25) is 19.0 Å². The molecule has 1 heterocycles. The van der Waals surface area contributed by atoms with Crippen LogP contribution >= 0.6 is 0 Å². The van der Waals surface area contributed by atoms with Crippen LogP contribution in [-0.4, -0.2) is 46.0 Å². The maximum atomic E-state index is 12.9. The molecular weight excluding hydrogens is 370 g/mol. The highest BCUT2D eigenvalue weighted by atomic mass is 16.5. The van der Waals surface area contributed by atoms with Crippen LogP contribution < -0.4 is 5.56 Å². The van der Waals surface area contributed by atoms with Crippen molar-refractivity contribution in [2.75, 3.05) is 13.7 Å². The molecule has 0 unspecified atom stereocenters. The lowest BCUT2D eigenvalue weighted by molar-refractivity contribution is -0.141. The maximum Gasteiger partial charge on any atom is 0.325 e. The van der Waals surface area contributed by atoms with Crippen molar-refractivity contribution in [2.45, 2.75) is 26.8 Å². The number of carbonyl (C=O) groups excluding carboxylic acids is 2. The SMILES string of the molecule is COC(=O)CN(C(=O)c1ccc(-n2c(C)nc3ccccc3c2=O)cc1)C(C)C. The molecule has 29 heavy (non-hydrogen) atoms. The number of nitrogens with zero attached hydrogens (tertiary/aromatic N) is 3. The Labute approximate surface area is 168 Å². The van der Waals surface area contributed by atoms with Gasteiger partial charge in [0.25, 0.3) is 11.5 Å². The van der Waals surface area contributed by atoms with E-state index in [2.05, 4.69) is 9.72 Å². The molecule has 0 N–H and O–H groups in total. The number of carbonyl (C=O) groups is 2. The van der Waals surface area contributed by atoms with E-state index in [-0.39, 0.29) is 24.1 Å². The van der Waals surface area contributed by atoms with Crippen molar-refractivity contribution in [3.8, 4) is 5.69 Å². The smallest absolute Gasteiger partial charge is 0.325 e. The molecule has 7 nitrogen and oxygen atoms in total. The third-order valence-electron chi connectivity index (χ3n) is 4.73. The lowest BCUT2D eigenvalue weighted by atomic mass is 10.1.